The molecule has 126 valence electrons. The molecule has 0 radical (unpaired) electrons. The zero-order valence-electron chi connectivity index (χ0n) is 14.0. The highest BCUT2D eigenvalue weighted by Crippen LogP contribution is 2.50. The monoisotopic (exact) mass is 341 g/mol. The number of nitrogens with zero attached hydrogens (tertiary/aromatic N) is 1. The highest BCUT2D eigenvalue weighted by molar-refractivity contribution is 7.09. The van der Waals surface area contributed by atoms with Crippen molar-refractivity contribution in [2.24, 2.45) is 17.3 Å². The fourth-order valence-corrected chi connectivity index (χ4v) is 5.43. The van der Waals surface area contributed by atoms with Crippen LogP contribution in [0.4, 0.5) is 0 Å². The molecule has 1 saturated heterocycles. The molecule has 3 nitrogen and oxygen atoms in total. The molecule has 0 spiro atoms. The predicted molar refractivity (Wildman–Crippen MR) is 95.8 cm³/mol. The molecular weight excluding hydrogens is 318 g/mol. The third-order valence-corrected chi connectivity index (χ3v) is 6.33. The minimum absolute atomic E-state index is 0.239. The first-order valence-corrected chi connectivity index (χ1v) is 9.54. The third kappa shape index (κ3) is 3.26. The van der Waals surface area contributed by atoms with Gasteiger partial charge in [-0.15, -0.1) is 16.4 Å². The van der Waals surface area contributed by atoms with Crippen LogP contribution in [-0.2, 0) is 11.3 Å². The number of benzene rings is 1. The molecule has 1 unspecified atom stereocenters. The average Bonchev–Trinajstić information content (AvgIpc) is 3.24. The van der Waals surface area contributed by atoms with Crippen molar-refractivity contribution >= 4 is 17.3 Å². The van der Waals surface area contributed by atoms with Gasteiger partial charge in [-0.05, 0) is 60.1 Å². The molecule has 0 N–H and O–H groups in total. The topological polar surface area (TPSA) is 29.5 Å². The van der Waals surface area contributed by atoms with E-state index in [9.17, 15) is 4.79 Å². The summed E-state index contributed by atoms with van der Waals surface area (Å²) < 4.78 is 0. The lowest BCUT2D eigenvalue weighted by atomic mass is 9.83. The quantitative estimate of drug-likeness (QED) is 0.825. The van der Waals surface area contributed by atoms with Gasteiger partial charge in [0.05, 0.1) is 5.56 Å². The van der Waals surface area contributed by atoms with Crippen LogP contribution in [0.1, 0.15) is 35.0 Å². The molecular formula is C20H23NO2S. The summed E-state index contributed by atoms with van der Waals surface area (Å²) in [5.74, 6) is 1.06. The molecule has 1 aromatic carbocycles. The first-order valence-electron chi connectivity index (χ1n) is 8.66. The minimum Gasteiger partial charge on any atom is -0.364 e. The number of hydroxylamine groups is 2. The summed E-state index contributed by atoms with van der Waals surface area (Å²) in [6.45, 7) is 4.18. The zero-order chi connectivity index (χ0) is 16.6. The van der Waals surface area contributed by atoms with Gasteiger partial charge in [0.2, 0.25) is 0 Å². The summed E-state index contributed by atoms with van der Waals surface area (Å²) in [5, 5.41) is 4.05. The van der Waals surface area contributed by atoms with Crippen molar-refractivity contribution in [3.8, 4) is 0 Å². The van der Waals surface area contributed by atoms with Gasteiger partial charge in [-0.1, -0.05) is 31.2 Å². The molecule has 1 saturated carbocycles. The van der Waals surface area contributed by atoms with E-state index in [-0.39, 0.29) is 5.97 Å². The van der Waals surface area contributed by atoms with E-state index in [4.69, 9.17) is 4.84 Å². The average molecular weight is 341 g/mol. The van der Waals surface area contributed by atoms with E-state index in [1.165, 1.54) is 24.1 Å². The van der Waals surface area contributed by atoms with Gasteiger partial charge in [0.25, 0.3) is 0 Å². The third-order valence-electron chi connectivity index (χ3n) is 5.46. The van der Waals surface area contributed by atoms with Crippen molar-refractivity contribution in [2.75, 3.05) is 13.1 Å². The molecule has 1 aliphatic carbocycles. The first-order chi connectivity index (χ1) is 11.6. The summed E-state index contributed by atoms with van der Waals surface area (Å²) in [6, 6.07) is 13.6. The van der Waals surface area contributed by atoms with Gasteiger partial charge in [-0.3, -0.25) is 0 Å². The summed E-state index contributed by atoms with van der Waals surface area (Å²) in [5.41, 5.74) is 1.02. The summed E-state index contributed by atoms with van der Waals surface area (Å²) in [6.07, 6.45) is 3.64. The Hall–Kier alpha value is -1.65. The maximum atomic E-state index is 12.2. The maximum Gasteiger partial charge on any atom is 0.357 e. The van der Waals surface area contributed by atoms with E-state index in [0.717, 1.165) is 13.1 Å². The number of hydrogen-bond acceptors (Lipinski definition) is 4. The van der Waals surface area contributed by atoms with Crippen molar-refractivity contribution < 1.29 is 9.63 Å². The molecule has 24 heavy (non-hydrogen) atoms. The normalized spacial score (nSPS) is 29.5. The van der Waals surface area contributed by atoms with E-state index in [1.54, 1.807) is 12.1 Å². The number of hydrogen-bond donors (Lipinski definition) is 0. The summed E-state index contributed by atoms with van der Waals surface area (Å²) in [4.78, 5) is 19.3. The zero-order valence-corrected chi connectivity index (χ0v) is 14.8. The van der Waals surface area contributed by atoms with Crippen molar-refractivity contribution in [3.63, 3.8) is 0 Å². The summed E-state index contributed by atoms with van der Waals surface area (Å²) >= 11 is 1.86. The Morgan fingerprint density at radius 1 is 1.17 bits per heavy atom. The van der Waals surface area contributed by atoms with E-state index in [0.29, 0.717) is 22.8 Å². The smallest absolute Gasteiger partial charge is 0.357 e. The van der Waals surface area contributed by atoms with Crippen LogP contribution in [0, 0.1) is 17.3 Å². The van der Waals surface area contributed by atoms with Gasteiger partial charge in [0.15, 0.2) is 0 Å². The molecule has 2 fully saturated rings. The fourth-order valence-electron chi connectivity index (χ4n) is 4.50. The largest absolute Gasteiger partial charge is 0.364 e. The van der Waals surface area contributed by atoms with E-state index in [1.807, 2.05) is 34.6 Å². The number of carbonyl (C=O) groups is 1. The molecule has 1 aliphatic heterocycles. The number of rotatable bonds is 4. The maximum absolute atomic E-state index is 12.2. The Morgan fingerprint density at radius 2 is 1.88 bits per heavy atom. The van der Waals surface area contributed by atoms with Crippen LogP contribution in [0.25, 0.3) is 0 Å². The second-order valence-corrected chi connectivity index (χ2v) is 8.62. The number of carbonyl (C=O) groups excluding carboxylic acids is 1. The minimum atomic E-state index is -0.239. The lowest BCUT2D eigenvalue weighted by molar-refractivity contribution is -0.0995. The van der Waals surface area contributed by atoms with Crippen LogP contribution >= 0.6 is 11.3 Å². The van der Waals surface area contributed by atoms with Gasteiger partial charge in [-0.2, -0.15) is 0 Å². The van der Waals surface area contributed by atoms with E-state index in [2.05, 4.69) is 24.4 Å². The van der Waals surface area contributed by atoms with E-state index >= 15 is 0 Å². The molecule has 0 amide bonds. The van der Waals surface area contributed by atoms with Crippen molar-refractivity contribution in [3.05, 3.63) is 58.3 Å². The van der Waals surface area contributed by atoms with Gasteiger partial charge < -0.3 is 4.84 Å². The molecule has 2 aliphatic rings. The molecule has 0 bridgehead atoms. The Kier molecular flexibility index (Phi) is 4.19. The molecule has 2 heterocycles. The molecule has 2 aromatic rings. The van der Waals surface area contributed by atoms with Crippen LogP contribution in [0.2, 0.25) is 0 Å². The van der Waals surface area contributed by atoms with Crippen LogP contribution in [-0.4, -0.2) is 24.1 Å². The lowest BCUT2D eigenvalue weighted by Gasteiger charge is -2.26. The molecule has 4 rings (SSSR count). The second kappa shape index (κ2) is 6.34. The molecule has 4 heteroatoms. The van der Waals surface area contributed by atoms with Gasteiger partial charge in [0.1, 0.15) is 0 Å². The van der Waals surface area contributed by atoms with Crippen LogP contribution in [0.5, 0.6) is 0 Å². The van der Waals surface area contributed by atoms with Gasteiger partial charge in [0, 0.05) is 18.0 Å². The van der Waals surface area contributed by atoms with Crippen molar-refractivity contribution in [1.29, 1.82) is 0 Å². The Bertz CT molecular complexity index is 684. The van der Waals surface area contributed by atoms with Gasteiger partial charge >= 0.3 is 5.97 Å². The number of thiophene rings is 1. The van der Waals surface area contributed by atoms with Crippen LogP contribution in [0.15, 0.2) is 47.8 Å². The SMILES string of the molecule is CC1(Cc2cccs2)C[C@H]2CN(OC(=O)c3ccccc3)C[C@H]2C1. The lowest BCUT2D eigenvalue weighted by Crippen LogP contribution is -2.28. The molecule has 1 aromatic heterocycles. The standard InChI is InChI=1S/C20H23NO2S/c1-20(12-18-8-5-9-24-18)10-16-13-21(14-17(16)11-20)23-19(22)15-6-3-2-4-7-15/h2-9,16-17H,10-14H2,1H3/t16-,17+,20?. The Labute approximate surface area is 147 Å². The van der Waals surface area contributed by atoms with Crippen LogP contribution in [0.3, 0.4) is 0 Å². The second-order valence-electron chi connectivity index (χ2n) is 7.59. The predicted octanol–water partition coefficient (Wildman–Crippen LogP) is 4.41. The first kappa shape index (κ1) is 15.9. The Balaban J connectivity index is 1.34. The highest BCUT2D eigenvalue weighted by atomic mass is 32.1. The molecule has 3 atom stereocenters. The summed E-state index contributed by atoms with van der Waals surface area (Å²) in [7, 11) is 0. The fraction of sp³-hybridized carbons (Fsp3) is 0.450. The van der Waals surface area contributed by atoms with E-state index < -0.39 is 0 Å². The Morgan fingerprint density at radius 3 is 2.50 bits per heavy atom. The number of fused-ring (bicyclic) bond motifs is 1. The van der Waals surface area contributed by atoms with Crippen molar-refractivity contribution in [1.82, 2.24) is 5.06 Å². The van der Waals surface area contributed by atoms with Crippen LogP contribution < -0.4 is 0 Å². The van der Waals surface area contributed by atoms with Crippen molar-refractivity contribution in [2.45, 2.75) is 26.2 Å². The highest BCUT2D eigenvalue weighted by Gasteiger charge is 2.47. The van der Waals surface area contributed by atoms with Gasteiger partial charge in [-0.25, -0.2) is 4.79 Å².